The lowest BCUT2D eigenvalue weighted by Gasteiger charge is -2.38. The molecule has 1 aromatic heterocycles. The zero-order chi connectivity index (χ0) is 12.3. The number of rotatable bonds is 2. The maximum atomic E-state index is 11.1. The van der Waals surface area contributed by atoms with E-state index in [1.165, 1.54) is 25.7 Å². The Bertz CT molecular complexity index is 471. The highest BCUT2D eigenvalue weighted by atomic mass is 32.1. The van der Waals surface area contributed by atoms with Crippen molar-refractivity contribution in [2.45, 2.75) is 51.0 Å². The Labute approximate surface area is 112 Å². The number of aryl methyl sites for hydroxylation is 1. The summed E-state index contributed by atoms with van der Waals surface area (Å²) in [5.41, 5.74) is 0.679. The van der Waals surface area contributed by atoms with Crippen LogP contribution in [0.1, 0.15) is 42.8 Å². The van der Waals surface area contributed by atoms with Gasteiger partial charge in [-0.05, 0) is 56.3 Å². The first-order chi connectivity index (χ1) is 8.66. The van der Waals surface area contributed by atoms with Gasteiger partial charge in [0.05, 0.1) is 16.3 Å². The van der Waals surface area contributed by atoms with Gasteiger partial charge in [0.25, 0.3) is 0 Å². The second-order valence-corrected chi connectivity index (χ2v) is 7.77. The first-order valence-corrected chi connectivity index (χ1v) is 8.17. The standard InChI is InChI=1S/C15H21NOS/c1-9-16-11(8-18-9)7-15(17)6-10-5-14(15)13-4-2-3-12(10)13/h8,10,12-14,17H,2-7H2,1H3. The molecule has 3 aliphatic carbocycles. The van der Waals surface area contributed by atoms with Crippen LogP contribution in [-0.2, 0) is 6.42 Å². The SMILES string of the molecule is Cc1nc(CC2(O)CC3CC2C2CCCC32)cs1. The van der Waals surface area contributed by atoms with E-state index in [9.17, 15) is 5.11 Å². The summed E-state index contributed by atoms with van der Waals surface area (Å²) in [5.74, 6) is 3.16. The summed E-state index contributed by atoms with van der Waals surface area (Å²) in [5, 5.41) is 14.3. The molecule has 0 aromatic carbocycles. The Hall–Kier alpha value is -0.410. The first-order valence-electron chi connectivity index (χ1n) is 7.29. The number of fused-ring (bicyclic) bond motifs is 5. The molecule has 18 heavy (non-hydrogen) atoms. The second-order valence-electron chi connectivity index (χ2n) is 6.70. The smallest absolute Gasteiger partial charge is 0.0897 e. The largest absolute Gasteiger partial charge is 0.389 e. The third-order valence-corrected chi connectivity index (χ3v) is 6.59. The van der Waals surface area contributed by atoms with E-state index in [1.807, 2.05) is 6.92 Å². The number of aromatic nitrogens is 1. The Kier molecular flexibility index (Phi) is 2.41. The van der Waals surface area contributed by atoms with Crippen molar-refractivity contribution in [1.82, 2.24) is 4.98 Å². The van der Waals surface area contributed by atoms with Crippen molar-refractivity contribution < 1.29 is 5.11 Å². The molecule has 1 aromatic rings. The van der Waals surface area contributed by atoms with Crippen LogP contribution in [-0.4, -0.2) is 15.7 Å². The van der Waals surface area contributed by atoms with E-state index in [-0.39, 0.29) is 0 Å². The number of thiazole rings is 1. The average Bonchev–Trinajstić information content (AvgIpc) is 2.99. The molecule has 4 rings (SSSR count). The van der Waals surface area contributed by atoms with Crippen LogP contribution in [0, 0.1) is 30.6 Å². The highest BCUT2D eigenvalue weighted by Gasteiger charge is 2.60. The van der Waals surface area contributed by atoms with Crippen molar-refractivity contribution in [3.05, 3.63) is 16.1 Å². The molecule has 1 N–H and O–H groups in total. The van der Waals surface area contributed by atoms with Crippen LogP contribution in [0.3, 0.4) is 0 Å². The number of aliphatic hydroxyl groups is 1. The predicted molar refractivity (Wildman–Crippen MR) is 72.5 cm³/mol. The molecule has 2 nitrogen and oxygen atoms in total. The minimum absolute atomic E-state index is 0.434. The molecule has 5 unspecified atom stereocenters. The summed E-state index contributed by atoms with van der Waals surface area (Å²) in [4.78, 5) is 4.55. The van der Waals surface area contributed by atoms with Gasteiger partial charge in [-0.2, -0.15) is 0 Å². The van der Waals surface area contributed by atoms with Gasteiger partial charge in [-0.1, -0.05) is 6.42 Å². The summed E-state index contributed by atoms with van der Waals surface area (Å²) in [7, 11) is 0. The van der Waals surface area contributed by atoms with Crippen molar-refractivity contribution in [1.29, 1.82) is 0 Å². The van der Waals surface area contributed by atoms with Crippen LogP contribution in [0.2, 0.25) is 0 Å². The molecule has 1 heterocycles. The highest BCUT2D eigenvalue weighted by Crippen LogP contribution is 2.62. The molecule has 3 aliphatic rings. The Morgan fingerprint density at radius 2 is 2.28 bits per heavy atom. The Morgan fingerprint density at radius 3 is 3.06 bits per heavy atom. The van der Waals surface area contributed by atoms with Crippen LogP contribution >= 0.6 is 11.3 Å². The monoisotopic (exact) mass is 263 g/mol. The molecule has 3 fully saturated rings. The maximum absolute atomic E-state index is 11.1. The summed E-state index contributed by atoms with van der Waals surface area (Å²) >= 11 is 1.70. The van der Waals surface area contributed by atoms with Gasteiger partial charge in [0.15, 0.2) is 0 Å². The maximum Gasteiger partial charge on any atom is 0.0897 e. The normalized spacial score (nSPS) is 45.7. The van der Waals surface area contributed by atoms with E-state index in [1.54, 1.807) is 11.3 Å². The molecule has 0 saturated heterocycles. The third-order valence-electron chi connectivity index (χ3n) is 5.76. The van der Waals surface area contributed by atoms with E-state index in [2.05, 4.69) is 10.4 Å². The Balaban J connectivity index is 1.58. The third kappa shape index (κ3) is 1.53. The predicted octanol–water partition coefficient (Wildman–Crippen LogP) is 3.18. The second kappa shape index (κ2) is 3.80. The van der Waals surface area contributed by atoms with Crippen LogP contribution in [0.5, 0.6) is 0 Å². The fourth-order valence-corrected chi connectivity index (χ4v) is 5.85. The van der Waals surface area contributed by atoms with Crippen LogP contribution in [0.15, 0.2) is 5.38 Å². The summed E-state index contributed by atoms with van der Waals surface area (Å²) in [6.45, 7) is 2.05. The van der Waals surface area contributed by atoms with Crippen molar-refractivity contribution in [2.75, 3.05) is 0 Å². The van der Waals surface area contributed by atoms with E-state index < -0.39 is 5.60 Å². The zero-order valence-electron chi connectivity index (χ0n) is 10.9. The lowest BCUT2D eigenvalue weighted by atomic mass is 9.71. The topological polar surface area (TPSA) is 33.1 Å². The minimum atomic E-state index is -0.434. The number of hydrogen-bond donors (Lipinski definition) is 1. The average molecular weight is 263 g/mol. The summed E-state index contributed by atoms with van der Waals surface area (Å²) in [6, 6.07) is 0. The van der Waals surface area contributed by atoms with Crippen molar-refractivity contribution in [3.63, 3.8) is 0 Å². The fourth-order valence-electron chi connectivity index (χ4n) is 5.24. The molecule has 0 aliphatic heterocycles. The zero-order valence-corrected chi connectivity index (χ0v) is 11.7. The molecular formula is C15H21NOS. The number of nitrogens with zero attached hydrogens (tertiary/aromatic N) is 1. The molecule has 0 spiro atoms. The van der Waals surface area contributed by atoms with E-state index in [4.69, 9.17) is 0 Å². The quantitative estimate of drug-likeness (QED) is 0.889. The molecule has 0 radical (unpaired) electrons. The van der Waals surface area contributed by atoms with Gasteiger partial charge >= 0.3 is 0 Å². The summed E-state index contributed by atoms with van der Waals surface area (Å²) < 4.78 is 0. The number of hydrogen-bond acceptors (Lipinski definition) is 3. The lowest BCUT2D eigenvalue weighted by Crippen LogP contribution is -2.43. The molecule has 3 saturated carbocycles. The van der Waals surface area contributed by atoms with Gasteiger partial charge in [-0.3, -0.25) is 0 Å². The van der Waals surface area contributed by atoms with Gasteiger partial charge in [0.2, 0.25) is 0 Å². The lowest BCUT2D eigenvalue weighted by molar-refractivity contribution is -0.0456. The van der Waals surface area contributed by atoms with Crippen molar-refractivity contribution in [3.8, 4) is 0 Å². The first kappa shape index (κ1) is 11.4. The van der Waals surface area contributed by atoms with Gasteiger partial charge in [-0.15, -0.1) is 11.3 Å². The van der Waals surface area contributed by atoms with Gasteiger partial charge in [0, 0.05) is 11.8 Å². The van der Waals surface area contributed by atoms with Crippen LogP contribution in [0.25, 0.3) is 0 Å². The molecule has 5 atom stereocenters. The van der Waals surface area contributed by atoms with Gasteiger partial charge in [0.1, 0.15) is 0 Å². The molecule has 0 amide bonds. The van der Waals surface area contributed by atoms with Gasteiger partial charge < -0.3 is 5.11 Å². The van der Waals surface area contributed by atoms with Crippen molar-refractivity contribution in [2.24, 2.45) is 23.7 Å². The Morgan fingerprint density at radius 1 is 1.44 bits per heavy atom. The van der Waals surface area contributed by atoms with E-state index in [0.717, 1.165) is 41.3 Å². The minimum Gasteiger partial charge on any atom is -0.389 e. The van der Waals surface area contributed by atoms with E-state index in [0.29, 0.717) is 5.92 Å². The van der Waals surface area contributed by atoms with E-state index >= 15 is 0 Å². The molecule has 98 valence electrons. The summed E-state index contributed by atoms with van der Waals surface area (Å²) in [6.07, 6.45) is 7.31. The van der Waals surface area contributed by atoms with Crippen LogP contribution in [0.4, 0.5) is 0 Å². The van der Waals surface area contributed by atoms with Gasteiger partial charge in [-0.25, -0.2) is 4.98 Å². The molecule has 2 bridgehead atoms. The van der Waals surface area contributed by atoms with Crippen LogP contribution < -0.4 is 0 Å². The highest BCUT2D eigenvalue weighted by molar-refractivity contribution is 7.09. The fraction of sp³-hybridized carbons (Fsp3) is 0.800. The molecular weight excluding hydrogens is 242 g/mol. The van der Waals surface area contributed by atoms with Crippen molar-refractivity contribution >= 4 is 11.3 Å². The molecule has 3 heteroatoms.